The Hall–Kier alpha value is -1.73. The van der Waals surface area contributed by atoms with Crippen molar-refractivity contribution in [2.45, 2.75) is 43.4 Å². The monoisotopic (exact) mass is 306 g/mol. The van der Waals surface area contributed by atoms with Crippen molar-refractivity contribution in [1.29, 1.82) is 0 Å². The molecule has 2 aliphatic carbocycles. The average molecular weight is 306 g/mol. The van der Waals surface area contributed by atoms with Crippen LogP contribution in [0.2, 0.25) is 0 Å². The second kappa shape index (κ2) is 6.18. The van der Waals surface area contributed by atoms with Gasteiger partial charge in [-0.05, 0) is 65.8 Å². The van der Waals surface area contributed by atoms with Crippen molar-refractivity contribution in [1.82, 2.24) is 0 Å². The summed E-state index contributed by atoms with van der Waals surface area (Å²) < 4.78 is 0. The fourth-order valence-corrected chi connectivity index (χ4v) is 3.76. The summed E-state index contributed by atoms with van der Waals surface area (Å²) in [5, 5.41) is 0. The molecule has 2 aliphatic rings. The first kappa shape index (κ1) is 15.2. The lowest BCUT2D eigenvalue weighted by molar-refractivity contribution is 0.868. The van der Waals surface area contributed by atoms with Gasteiger partial charge < -0.3 is 0 Å². The Morgan fingerprint density at radius 3 is 2.23 bits per heavy atom. The molecule has 0 radical (unpaired) electrons. The Morgan fingerprint density at radius 2 is 1.55 bits per heavy atom. The average Bonchev–Trinajstić information content (AvgIpc) is 2.70. The fourth-order valence-electron chi connectivity index (χ4n) is 2.77. The van der Waals surface area contributed by atoms with Crippen molar-refractivity contribution in [3.05, 3.63) is 71.3 Å². The van der Waals surface area contributed by atoms with Crippen LogP contribution in [0.1, 0.15) is 36.5 Å². The lowest BCUT2D eigenvalue weighted by Gasteiger charge is -2.04. The molecule has 0 saturated carbocycles. The van der Waals surface area contributed by atoms with Crippen LogP contribution in [-0.4, -0.2) is 0 Å². The van der Waals surface area contributed by atoms with Crippen LogP contribution in [0.3, 0.4) is 0 Å². The first-order chi connectivity index (χ1) is 10.6. The van der Waals surface area contributed by atoms with E-state index >= 15 is 0 Å². The van der Waals surface area contributed by atoms with Gasteiger partial charge in [0.2, 0.25) is 0 Å². The Balaban J connectivity index is 2.11. The molecule has 1 aromatic carbocycles. The topological polar surface area (TPSA) is 0 Å². The van der Waals surface area contributed by atoms with Gasteiger partial charge in [-0.25, -0.2) is 0 Å². The number of rotatable bonds is 3. The number of benzene rings is 1. The van der Waals surface area contributed by atoms with E-state index in [4.69, 9.17) is 0 Å². The summed E-state index contributed by atoms with van der Waals surface area (Å²) in [5.41, 5.74) is 6.92. The Kier molecular flexibility index (Phi) is 4.26. The normalized spacial score (nSPS) is 11.3. The summed E-state index contributed by atoms with van der Waals surface area (Å²) in [6.07, 6.45) is 0. The van der Waals surface area contributed by atoms with E-state index in [1.165, 1.54) is 37.6 Å². The SMILES string of the molecule is Cc1ccc(C(C)C)cc2c(C)c(Sc3ccccc3)cc1-2. The molecule has 3 rings (SSSR count). The molecule has 0 heterocycles. The van der Waals surface area contributed by atoms with Crippen molar-refractivity contribution in [3.8, 4) is 11.1 Å². The highest BCUT2D eigenvalue weighted by Crippen LogP contribution is 2.41. The van der Waals surface area contributed by atoms with Crippen LogP contribution in [-0.2, 0) is 0 Å². The Labute approximate surface area is 137 Å². The van der Waals surface area contributed by atoms with Gasteiger partial charge >= 0.3 is 0 Å². The van der Waals surface area contributed by atoms with Gasteiger partial charge in [-0.1, -0.05) is 62.0 Å². The molecule has 0 amide bonds. The molecule has 0 atom stereocenters. The maximum Gasteiger partial charge on any atom is 0.0164 e. The summed E-state index contributed by atoms with van der Waals surface area (Å²) in [5.74, 6) is 0.550. The van der Waals surface area contributed by atoms with Crippen molar-refractivity contribution < 1.29 is 0 Å². The van der Waals surface area contributed by atoms with Crippen LogP contribution in [0, 0.1) is 13.8 Å². The van der Waals surface area contributed by atoms with Gasteiger partial charge in [0.15, 0.2) is 0 Å². The number of fused-ring (bicyclic) bond motifs is 1. The fraction of sp³-hybridized carbons (Fsp3) is 0.238. The Bertz CT molecular complexity index is 757. The van der Waals surface area contributed by atoms with E-state index in [9.17, 15) is 0 Å². The highest BCUT2D eigenvalue weighted by Gasteiger charge is 2.16. The molecule has 0 aliphatic heterocycles. The summed E-state index contributed by atoms with van der Waals surface area (Å²) in [4.78, 5) is 2.66. The van der Waals surface area contributed by atoms with E-state index < -0.39 is 0 Å². The number of aryl methyl sites for hydroxylation is 1. The van der Waals surface area contributed by atoms with Crippen LogP contribution < -0.4 is 0 Å². The summed E-state index contributed by atoms with van der Waals surface area (Å²) in [7, 11) is 0. The molecule has 112 valence electrons. The third-order valence-corrected chi connectivity index (χ3v) is 5.39. The zero-order valence-corrected chi connectivity index (χ0v) is 14.5. The van der Waals surface area contributed by atoms with E-state index in [1.807, 2.05) is 11.8 Å². The van der Waals surface area contributed by atoms with Crippen LogP contribution in [0.15, 0.2) is 64.4 Å². The first-order valence-electron chi connectivity index (χ1n) is 7.83. The van der Waals surface area contributed by atoms with Crippen LogP contribution >= 0.6 is 11.8 Å². The molecule has 0 aromatic heterocycles. The van der Waals surface area contributed by atoms with Gasteiger partial charge in [0.05, 0.1) is 0 Å². The zero-order chi connectivity index (χ0) is 15.7. The molecule has 0 unspecified atom stereocenters. The lowest BCUT2D eigenvalue weighted by Crippen LogP contribution is -1.84. The minimum Gasteiger partial charge on any atom is -0.0898 e. The predicted molar refractivity (Wildman–Crippen MR) is 97.2 cm³/mol. The summed E-state index contributed by atoms with van der Waals surface area (Å²) in [6, 6.07) is 19.9. The van der Waals surface area contributed by atoms with Gasteiger partial charge in [0, 0.05) is 9.79 Å². The second-order valence-corrected chi connectivity index (χ2v) is 7.31. The smallest absolute Gasteiger partial charge is 0.0164 e. The second-order valence-electron chi connectivity index (χ2n) is 6.19. The van der Waals surface area contributed by atoms with Crippen molar-refractivity contribution in [2.24, 2.45) is 0 Å². The third kappa shape index (κ3) is 2.91. The predicted octanol–water partition coefficient (Wildman–Crippen LogP) is 6.68. The largest absolute Gasteiger partial charge is 0.0898 e. The highest BCUT2D eigenvalue weighted by atomic mass is 32.2. The Morgan fingerprint density at radius 1 is 0.818 bits per heavy atom. The molecule has 22 heavy (non-hydrogen) atoms. The maximum atomic E-state index is 2.37. The van der Waals surface area contributed by atoms with Crippen molar-refractivity contribution >= 4 is 11.8 Å². The van der Waals surface area contributed by atoms with Gasteiger partial charge in [-0.2, -0.15) is 0 Å². The molecule has 0 spiro atoms. The standard InChI is InChI=1S/C21H22S/c1-14(2)17-11-10-15(3)19-13-21(16(4)20(19)12-17)22-18-8-6-5-7-9-18/h5-14H,1-4H3. The molecule has 1 aromatic rings. The lowest BCUT2D eigenvalue weighted by atomic mass is 10.0. The minimum atomic E-state index is 0.550. The van der Waals surface area contributed by atoms with Crippen molar-refractivity contribution in [3.63, 3.8) is 0 Å². The summed E-state index contributed by atoms with van der Waals surface area (Å²) >= 11 is 1.86. The van der Waals surface area contributed by atoms with E-state index in [2.05, 4.69) is 82.3 Å². The maximum absolute atomic E-state index is 2.37. The zero-order valence-electron chi connectivity index (χ0n) is 13.7. The van der Waals surface area contributed by atoms with Crippen LogP contribution in [0.25, 0.3) is 11.1 Å². The molecule has 1 heteroatoms. The number of hydrogen-bond acceptors (Lipinski definition) is 1. The van der Waals surface area contributed by atoms with Gasteiger partial charge in [-0.3, -0.25) is 0 Å². The van der Waals surface area contributed by atoms with Gasteiger partial charge in [0.25, 0.3) is 0 Å². The summed E-state index contributed by atoms with van der Waals surface area (Å²) in [6.45, 7) is 8.98. The van der Waals surface area contributed by atoms with E-state index in [-0.39, 0.29) is 0 Å². The van der Waals surface area contributed by atoms with E-state index in [0.717, 1.165) is 0 Å². The number of hydrogen-bond donors (Lipinski definition) is 0. The van der Waals surface area contributed by atoms with Crippen LogP contribution in [0.4, 0.5) is 0 Å². The van der Waals surface area contributed by atoms with E-state index in [1.54, 1.807) is 0 Å². The highest BCUT2D eigenvalue weighted by molar-refractivity contribution is 7.99. The molecule has 0 N–H and O–H groups in total. The quantitative estimate of drug-likeness (QED) is 0.520. The minimum absolute atomic E-state index is 0.550. The van der Waals surface area contributed by atoms with Gasteiger partial charge in [-0.15, -0.1) is 0 Å². The molecular formula is C21H22S. The third-order valence-electron chi connectivity index (χ3n) is 4.24. The van der Waals surface area contributed by atoms with E-state index in [0.29, 0.717) is 5.92 Å². The molecule has 0 bridgehead atoms. The van der Waals surface area contributed by atoms with Crippen LogP contribution in [0.5, 0.6) is 0 Å². The van der Waals surface area contributed by atoms with Gasteiger partial charge in [0.1, 0.15) is 0 Å². The first-order valence-corrected chi connectivity index (χ1v) is 8.64. The molecule has 0 fully saturated rings. The van der Waals surface area contributed by atoms with Crippen molar-refractivity contribution in [2.75, 3.05) is 0 Å². The molecule has 0 nitrogen and oxygen atoms in total. The molecular weight excluding hydrogens is 284 g/mol. The molecule has 0 saturated heterocycles.